The van der Waals surface area contributed by atoms with E-state index in [2.05, 4.69) is 15.2 Å². The van der Waals surface area contributed by atoms with Gasteiger partial charge in [0.25, 0.3) is 5.91 Å². The smallest absolute Gasteiger partial charge is 0.320 e. The van der Waals surface area contributed by atoms with E-state index in [4.69, 9.17) is 4.74 Å². The third-order valence-corrected chi connectivity index (χ3v) is 11.7. The van der Waals surface area contributed by atoms with E-state index >= 15 is 0 Å². The van der Waals surface area contributed by atoms with Gasteiger partial charge in [-0.3, -0.25) is 24.1 Å². The molecule has 290 valence electrons. The highest BCUT2D eigenvalue weighted by atomic mass is 16.5. The number of aliphatic hydroxyl groups excluding tert-OH is 1. The molecule has 3 aromatic carbocycles. The van der Waals surface area contributed by atoms with Crippen LogP contribution >= 0.6 is 0 Å². The van der Waals surface area contributed by atoms with Crippen LogP contribution in [0.1, 0.15) is 65.8 Å². The number of ether oxygens (including phenoxy) is 1. The molecule has 12 nitrogen and oxygen atoms in total. The summed E-state index contributed by atoms with van der Waals surface area (Å²) in [5.74, 6) is 0.0555. The summed E-state index contributed by atoms with van der Waals surface area (Å²) >= 11 is 0. The normalized spacial score (nSPS) is 20.5. The largest absolute Gasteiger partial charge is 0.506 e. The van der Waals surface area contributed by atoms with Gasteiger partial charge < -0.3 is 35.1 Å². The van der Waals surface area contributed by atoms with E-state index in [1.165, 1.54) is 12.1 Å². The third-order valence-electron chi connectivity index (χ3n) is 11.7. The first-order valence-electron chi connectivity index (χ1n) is 19.5. The highest BCUT2D eigenvalue weighted by Gasteiger charge is 2.54. The van der Waals surface area contributed by atoms with Gasteiger partial charge >= 0.3 is 5.97 Å². The second-order valence-corrected chi connectivity index (χ2v) is 15.2. The molecule has 0 radical (unpaired) electrons. The number of aromatic nitrogens is 1. The Bertz CT molecular complexity index is 2040. The molecule has 0 aliphatic carbocycles. The van der Waals surface area contributed by atoms with Crippen LogP contribution < -0.4 is 10.9 Å². The van der Waals surface area contributed by atoms with E-state index in [1.807, 2.05) is 61.5 Å². The third kappa shape index (κ3) is 8.31. The van der Waals surface area contributed by atoms with E-state index in [1.54, 1.807) is 21.9 Å². The number of hydrogen-bond acceptors (Lipinski definition) is 9. The molecule has 2 atom stereocenters. The van der Waals surface area contributed by atoms with Crippen molar-refractivity contribution in [3.8, 4) is 5.75 Å². The average molecular weight is 750 g/mol. The lowest BCUT2D eigenvalue weighted by Crippen LogP contribution is -2.66. The number of aromatic amines is 1. The number of carbonyl (C=O) groups excluding carboxylic acids is 3. The molecule has 1 aromatic heterocycles. The second-order valence-electron chi connectivity index (χ2n) is 15.2. The Morgan fingerprint density at radius 1 is 1.00 bits per heavy atom. The minimum Gasteiger partial charge on any atom is -0.506 e. The highest BCUT2D eigenvalue weighted by molar-refractivity contribution is 5.94. The summed E-state index contributed by atoms with van der Waals surface area (Å²) < 4.78 is 6.20. The first-order chi connectivity index (χ1) is 26.6. The van der Waals surface area contributed by atoms with Gasteiger partial charge in [-0.1, -0.05) is 48.5 Å². The molecule has 2 amide bonds. The first-order valence-corrected chi connectivity index (χ1v) is 19.5. The van der Waals surface area contributed by atoms with E-state index in [0.29, 0.717) is 79.9 Å². The number of aliphatic hydroxyl groups is 1. The molecular formula is C43H51N5O7. The summed E-state index contributed by atoms with van der Waals surface area (Å²) in [4.78, 5) is 60.7. The van der Waals surface area contributed by atoms with Crippen molar-refractivity contribution in [1.29, 1.82) is 0 Å². The molecule has 2 bridgehead atoms. The van der Waals surface area contributed by atoms with Gasteiger partial charge in [0.2, 0.25) is 11.5 Å². The Kier molecular flexibility index (Phi) is 11.7. The van der Waals surface area contributed by atoms with Crippen molar-refractivity contribution >= 4 is 28.7 Å². The average Bonchev–Trinajstić information content (AvgIpc) is 3.19. The minimum absolute atomic E-state index is 0.00612. The summed E-state index contributed by atoms with van der Waals surface area (Å²) in [6.07, 6.45) is 2.69. The summed E-state index contributed by atoms with van der Waals surface area (Å²) in [6.45, 7) is 7.42. The lowest BCUT2D eigenvalue weighted by molar-refractivity contribution is -0.175. The predicted molar refractivity (Wildman–Crippen MR) is 209 cm³/mol. The molecule has 4 aromatic rings. The van der Waals surface area contributed by atoms with Crippen LogP contribution in [0.4, 0.5) is 0 Å². The molecule has 4 fully saturated rings. The number of carbonyl (C=O) groups is 3. The quantitative estimate of drug-likeness (QED) is 0.105. The fourth-order valence-electron chi connectivity index (χ4n) is 8.37. The maximum Gasteiger partial charge on any atom is 0.320 e. The van der Waals surface area contributed by atoms with Crippen LogP contribution in [-0.2, 0) is 26.2 Å². The number of aryl methyl sites for hydroxylation is 1. The molecular weight excluding hydrogens is 699 g/mol. The standard InChI is InChI=1S/C43H51N5O7/c1-2-47(22-6-21-44-25-36(50)33-14-16-35(49)40-34(33)15-17-38(51)45-40)41(53)31-12-9-29(10-13-31)11-18-39(52)48-27-43(28-48,32-7-4-3-5-8-32)42(54)55-37-26-46-23-19-30(37)20-24-46/h3-5,7-10,12-17,30,36-37,44,49-50H,2,6,11,18-28H2,1H3,(H,45,51)/t36-,37-/m0/s1. The lowest BCUT2D eigenvalue weighted by atomic mass is 9.73. The summed E-state index contributed by atoms with van der Waals surface area (Å²) in [6, 6.07) is 23.2. The number of phenols is 1. The number of fused-ring (bicyclic) bond motifs is 4. The zero-order valence-corrected chi connectivity index (χ0v) is 31.4. The van der Waals surface area contributed by atoms with Gasteiger partial charge in [-0.2, -0.15) is 0 Å². The number of H-pyrrole nitrogens is 1. The Balaban J connectivity index is 0.860. The van der Waals surface area contributed by atoms with E-state index in [-0.39, 0.29) is 41.7 Å². The molecule has 12 heteroatoms. The first kappa shape index (κ1) is 38.2. The number of rotatable bonds is 15. The fraction of sp³-hybridized carbons (Fsp3) is 0.442. The van der Waals surface area contributed by atoms with Crippen molar-refractivity contribution in [2.45, 2.75) is 56.7 Å². The van der Waals surface area contributed by atoms with E-state index in [9.17, 15) is 29.4 Å². The summed E-state index contributed by atoms with van der Waals surface area (Å²) in [5, 5.41) is 24.8. The van der Waals surface area contributed by atoms with Crippen LogP contribution in [-0.4, -0.2) is 113 Å². The van der Waals surface area contributed by atoms with Crippen LogP contribution in [0.15, 0.2) is 83.7 Å². The van der Waals surface area contributed by atoms with E-state index < -0.39 is 11.5 Å². The topological polar surface area (TPSA) is 156 Å². The van der Waals surface area contributed by atoms with Gasteiger partial charge in [0.15, 0.2) is 0 Å². The predicted octanol–water partition coefficient (Wildman–Crippen LogP) is 3.76. The number of amides is 2. The molecule has 8 rings (SSSR count). The number of phenolic OH excluding ortho intramolecular Hbond substituents is 1. The molecule has 5 heterocycles. The van der Waals surface area contributed by atoms with Gasteiger partial charge in [-0.15, -0.1) is 0 Å². The minimum atomic E-state index is -0.857. The van der Waals surface area contributed by atoms with Gasteiger partial charge in [-0.05, 0) is 99.1 Å². The molecule has 4 N–H and O–H groups in total. The fourth-order valence-corrected chi connectivity index (χ4v) is 8.37. The maximum atomic E-state index is 13.8. The van der Waals surface area contributed by atoms with Crippen LogP contribution in [0.25, 0.3) is 10.9 Å². The van der Waals surface area contributed by atoms with Gasteiger partial charge in [-0.25, -0.2) is 0 Å². The number of nitrogens with one attached hydrogen (secondary N) is 2. The SMILES string of the molecule is CCN(CCCNC[C@H](O)c1ccc(O)c2[nH]c(=O)ccc12)C(=O)c1ccc(CCC(=O)N2CC(C(=O)O[C@H]3CN4CCC3CC4)(c3ccccc3)C2)cc1. The molecule has 4 aliphatic heterocycles. The van der Waals surface area contributed by atoms with Crippen molar-refractivity contribution < 1.29 is 29.3 Å². The number of likely N-dealkylation sites (tertiary alicyclic amines) is 1. The number of pyridine rings is 1. The van der Waals surface area contributed by atoms with Crippen molar-refractivity contribution in [3.63, 3.8) is 0 Å². The number of hydrogen-bond donors (Lipinski definition) is 4. The number of benzene rings is 3. The molecule has 4 saturated heterocycles. The van der Waals surface area contributed by atoms with Crippen LogP contribution in [0.2, 0.25) is 0 Å². The number of nitrogens with zero attached hydrogens (tertiary/aromatic N) is 3. The van der Waals surface area contributed by atoms with Gasteiger partial charge in [0.05, 0.1) is 11.6 Å². The Morgan fingerprint density at radius 2 is 1.75 bits per heavy atom. The van der Waals surface area contributed by atoms with Crippen molar-refractivity contribution in [2.75, 3.05) is 58.9 Å². The Hall–Kier alpha value is -5.04. The van der Waals surface area contributed by atoms with Crippen molar-refractivity contribution in [3.05, 3.63) is 111 Å². The molecule has 0 spiro atoms. The summed E-state index contributed by atoms with van der Waals surface area (Å²) in [5.41, 5.74) is 2.13. The Morgan fingerprint density at radius 3 is 2.44 bits per heavy atom. The lowest BCUT2D eigenvalue weighted by Gasteiger charge is -2.50. The zero-order valence-electron chi connectivity index (χ0n) is 31.4. The molecule has 0 unspecified atom stereocenters. The van der Waals surface area contributed by atoms with Crippen LogP contribution in [0.3, 0.4) is 0 Å². The molecule has 4 aliphatic rings. The van der Waals surface area contributed by atoms with Gasteiger partial charge in [0.1, 0.15) is 17.3 Å². The zero-order chi connectivity index (χ0) is 38.5. The van der Waals surface area contributed by atoms with Crippen LogP contribution in [0.5, 0.6) is 5.75 Å². The van der Waals surface area contributed by atoms with Crippen LogP contribution in [0, 0.1) is 5.92 Å². The number of aromatic hydroxyl groups is 1. The number of piperidine rings is 3. The number of esters is 1. The highest BCUT2D eigenvalue weighted by Crippen LogP contribution is 2.39. The van der Waals surface area contributed by atoms with Crippen molar-refractivity contribution in [1.82, 2.24) is 25.0 Å². The molecule has 0 saturated carbocycles. The van der Waals surface area contributed by atoms with Gasteiger partial charge in [0, 0.05) is 62.7 Å². The monoisotopic (exact) mass is 749 g/mol. The second kappa shape index (κ2) is 16.8. The Labute approximate surface area is 321 Å². The maximum absolute atomic E-state index is 13.8. The van der Waals surface area contributed by atoms with E-state index in [0.717, 1.165) is 43.6 Å². The van der Waals surface area contributed by atoms with Crippen molar-refractivity contribution in [2.24, 2.45) is 5.92 Å². The summed E-state index contributed by atoms with van der Waals surface area (Å²) in [7, 11) is 0. The molecule has 55 heavy (non-hydrogen) atoms.